The van der Waals surface area contributed by atoms with Crippen LogP contribution in [0.5, 0.6) is 0 Å². The number of hydrogen-bond donors (Lipinski definition) is 1. The molecule has 0 unspecified atom stereocenters. The normalized spacial score (nSPS) is 12.3. The molecule has 0 heterocycles. The van der Waals surface area contributed by atoms with Gasteiger partial charge in [0.05, 0.1) is 17.0 Å². The molecule has 0 aromatic heterocycles. The summed E-state index contributed by atoms with van der Waals surface area (Å²) in [7, 11) is -3.95. The van der Waals surface area contributed by atoms with Gasteiger partial charge in [0.2, 0.25) is 21.8 Å². The van der Waals surface area contributed by atoms with Gasteiger partial charge in [0.15, 0.2) is 0 Å². The minimum Gasteiger partial charge on any atom is -0.354 e. The average Bonchev–Trinajstić information content (AvgIpc) is 2.78. The number of carbonyl (C=O) groups is 2. The van der Waals surface area contributed by atoms with Crippen LogP contribution in [-0.4, -0.2) is 50.5 Å². The molecule has 2 amide bonds. The molecule has 0 radical (unpaired) electrons. The predicted octanol–water partition coefficient (Wildman–Crippen LogP) is 4.48. The summed E-state index contributed by atoms with van der Waals surface area (Å²) in [5.74, 6) is -1.49. The van der Waals surface area contributed by atoms with Crippen molar-refractivity contribution < 1.29 is 22.4 Å². The molecule has 2 aromatic rings. The molecule has 0 fully saturated rings. The third kappa shape index (κ3) is 8.08. The zero-order valence-electron chi connectivity index (χ0n) is 20.1. The van der Waals surface area contributed by atoms with Crippen LogP contribution in [0.3, 0.4) is 0 Å². The number of anilines is 1. The lowest BCUT2D eigenvalue weighted by atomic mass is 10.1. The smallest absolute Gasteiger partial charge is 0.244 e. The zero-order valence-corrected chi connectivity index (χ0v) is 22.4. The zero-order chi connectivity index (χ0) is 26.3. The van der Waals surface area contributed by atoms with E-state index in [2.05, 4.69) is 5.32 Å². The standard InChI is InChI=1S/C24H30Cl2FN3O4S/c1-5-22(24(32)28-13-16(2)3)29(14-17-8-6-7-9-19(17)25)23(31)15-30(35(4,33)34)18-10-11-21(27)20(26)12-18/h6-12,16,22H,5,13-15H2,1-4H3,(H,28,32)/t22-/m1/s1. The molecule has 0 spiro atoms. The van der Waals surface area contributed by atoms with Gasteiger partial charge in [-0.3, -0.25) is 13.9 Å². The van der Waals surface area contributed by atoms with Gasteiger partial charge >= 0.3 is 0 Å². The second-order valence-corrected chi connectivity index (χ2v) is 11.3. The number of carbonyl (C=O) groups excluding carboxylic acids is 2. The summed E-state index contributed by atoms with van der Waals surface area (Å²) >= 11 is 12.2. The Hall–Kier alpha value is -2.36. The fourth-order valence-corrected chi connectivity index (χ4v) is 4.62. The molecule has 2 rings (SSSR count). The van der Waals surface area contributed by atoms with Crippen LogP contribution in [0.2, 0.25) is 10.0 Å². The first kappa shape index (κ1) is 28.9. The van der Waals surface area contributed by atoms with Crippen LogP contribution in [0, 0.1) is 11.7 Å². The van der Waals surface area contributed by atoms with Gasteiger partial charge in [-0.1, -0.05) is 62.2 Å². The maximum absolute atomic E-state index is 13.7. The van der Waals surface area contributed by atoms with Gasteiger partial charge in [0.1, 0.15) is 18.4 Å². The van der Waals surface area contributed by atoms with Crippen molar-refractivity contribution in [2.45, 2.75) is 39.8 Å². The minimum atomic E-state index is -3.95. The van der Waals surface area contributed by atoms with Crippen LogP contribution in [-0.2, 0) is 26.2 Å². The van der Waals surface area contributed by atoms with Crippen LogP contribution in [0.25, 0.3) is 0 Å². The third-order valence-electron chi connectivity index (χ3n) is 5.24. The van der Waals surface area contributed by atoms with E-state index in [-0.39, 0.29) is 29.1 Å². The first-order valence-corrected chi connectivity index (χ1v) is 13.7. The highest BCUT2D eigenvalue weighted by atomic mass is 35.5. The van der Waals surface area contributed by atoms with E-state index in [0.717, 1.165) is 22.7 Å². The van der Waals surface area contributed by atoms with Crippen LogP contribution in [0.1, 0.15) is 32.8 Å². The maximum Gasteiger partial charge on any atom is 0.244 e. The van der Waals surface area contributed by atoms with Gasteiger partial charge in [-0.05, 0) is 42.2 Å². The molecule has 0 bridgehead atoms. The van der Waals surface area contributed by atoms with E-state index in [4.69, 9.17) is 23.2 Å². The Kier molecular flexibility index (Phi) is 10.4. The Labute approximate surface area is 216 Å². The van der Waals surface area contributed by atoms with E-state index in [0.29, 0.717) is 23.6 Å². The van der Waals surface area contributed by atoms with E-state index in [1.807, 2.05) is 13.8 Å². The van der Waals surface area contributed by atoms with Crippen molar-refractivity contribution >= 4 is 50.7 Å². The highest BCUT2D eigenvalue weighted by molar-refractivity contribution is 7.92. The lowest BCUT2D eigenvalue weighted by Gasteiger charge is -2.33. The molecule has 11 heteroatoms. The average molecular weight is 546 g/mol. The molecule has 0 aliphatic heterocycles. The molecule has 1 N–H and O–H groups in total. The summed E-state index contributed by atoms with van der Waals surface area (Å²) in [4.78, 5) is 27.9. The van der Waals surface area contributed by atoms with Crippen molar-refractivity contribution in [3.05, 3.63) is 63.9 Å². The highest BCUT2D eigenvalue weighted by Crippen LogP contribution is 2.26. The topological polar surface area (TPSA) is 86.8 Å². The Bertz CT molecular complexity index is 1160. The maximum atomic E-state index is 13.7. The molecule has 0 aliphatic carbocycles. The summed E-state index contributed by atoms with van der Waals surface area (Å²) in [5, 5.41) is 2.97. The number of hydrogen-bond acceptors (Lipinski definition) is 4. The Morgan fingerprint density at radius 2 is 1.74 bits per heavy atom. The van der Waals surface area contributed by atoms with Crippen molar-refractivity contribution in [2.75, 3.05) is 23.7 Å². The Morgan fingerprint density at radius 1 is 1.09 bits per heavy atom. The number of sulfonamides is 1. The summed E-state index contributed by atoms with van der Waals surface area (Å²) in [6.07, 6.45) is 1.23. The molecule has 0 saturated carbocycles. The van der Waals surface area contributed by atoms with Crippen molar-refractivity contribution in [1.82, 2.24) is 10.2 Å². The molecule has 192 valence electrons. The Balaban J connectivity index is 2.45. The second-order valence-electron chi connectivity index (χ2n) is 8.54. The van der Waals surface area contributed by atoms with Crippen LogP contribution < -0.4 is 9.62 Å². The third-order valence-corrected chi connectivity index (χ3v) is 7.04. The number of halogens is 3. The fourth-order valence-electron chi connectivity index (χ4n) is 3.41. The first-order valence-electron chi connectivity index (χ1n) is 11.1. The van der Waals surface area contributed by atoms with Gasteiger partial charge in [-0.25, -0.2) is 12.8 Å². The van der Waals surface area contributed by atoms with Gasteiger partial charge < -0.3 is 10.2 Å². The number of rotatable bonds is 11. The van der Waals surface area contributed by atoms with E-state index < -0.39 is 34.3 Å². The Morgan fingerprint density at radius 3 is 2.29 bits per heavy atom. The molecule has 1 atom stereocenters. The van der Waals surface area contributed by atoms with Crippen molar-refractivity contribution in [3.63, 3.8) is 0 Å². The summed E-state index contributed by atoms with van der Waals surface area (Å²) in [6, 6.07) is 9.42. The monoisotopic (exact) mass is 545 g/mol. The fraction of sp³-hybridized carbons (Fsp3) is 0.417. The molecular weight excluding hydrogens is 516 g/mol. The number of amides is 2. The van der Waals surface area contributed by atoms with Gasteiger partial charge in [0.25, 0.3) is 0 Å². The van der Waals surface area contributed by atoms with Crippen LogP contribution >= 0.6 is 23.2 Å². The van der Waals surface area contributed by atoms with E-state index >= 15 is 0 Å². The van der Waals surface area contributed by atoms with Crippen LogP contribution in [0.4, 0.5) is 10.1 Å². The van der Waals surface area contributed by atoms with Crippen molar-refractivity contribution in [2.24, 2.45) is 5.92 Å². The number of nitrogens with zero attached hydrogens (tertiary/aromatic N) is 2. The van der Waals surface area contributed by atoms with Gasteiger partial charge in [-0.15, -0.1) is 0 Å². The van der Waals surface area contributed by atoms with Crippen LogP contribution in [0.15, 0.2) is 42.5 Å². The quantitative estimate of drug-likeness (QED) is 0.451. The number of nitrogens with one attached hydrogen (secondary N) is 1. The SMILES string of the molecule is CC[C@H](C(=O)NCC(C)C)N(Cc1ccccc1Cl)C(=O)CN(c1ccc(F)c(Cl)c1)S(C)(=O)=O. The summed E-state index contributed by atoms with van der Waals surface area (Å²) < 4.78 is 39.6. The molecular formula is C24H30Cl2FN3O4S. The lowest BCUT2D eigenvalue weighted by Crippen LogP contribution is -2.52. The highest BCUT2D eigenvalue weighted by Gasteiger charge is 2.32. The number of benzene rings is 2. The van der Waals surface area contributed by atoms with Gasteiger partial charge in [0, 0.05) is 18.1 Å². The summed E-state index contributed by atoms with van der Waals surface area (Å²) in [5.41, 5.74) is 0.635. The molecule has 7 nitrogen and oxygen atoms in total. The van der Waals surface area contributed by atoms with E-state index in [1.165, 1.54) is 11.0 Å². The lowest BCUT2D eigenvalue weighted by molar-refractivity contribution is -0.140. The first-order chi connectivity index (χ1) is 16.3. The second kappa shape index (κ2) is 12.6. The van der Waals surface area contributed by atoms with Crippen molar-refractivity contribution in [1.29, 1.82) is 0 Å². The summed E-state index contributed by atoms with van der Waals surface area (Å²) in [6.45, 7) is 5.47. The van der Waals surface area contributed by atoms with E-state index in [9.17, 15) is 22.4 Å². The largest absolute Gasteiger partial charge is 0.354 e. The van der Waals surface area contributed by atoms with E-state index in [1.54, 1.807) is 31.2 Å². The molecule has 35 heavy (non-hydrogen) atoms. The molecule has 2 aromatic carbocycles. The predicted molar refractivity (Wildman–Crippen MR) is 138 cm³/mol. The van der Waals surface area contributed by atoms with Gasteiger partial charge in [-0.2, -0.15) is 0 Å². The van der Waals surface area contributed by atoms with Crippen molar-refractivity contribution in [3.8, 4) is 0 Å². The molecule has 0 saturated heterocycles. The minimum absolute atomic E-state index is 0.00606. The molecule has 0 aliphatic rings.